The zero-order chi connectivity index (χ0) is 20.4. The fraction of sp³-hybridized carbons (Fsp3) is 0.348. The molecule has 2 heterocycles. The van der Waals surface area contributed by atoms with Crippen molar-refractivity contribution in [1.82, 2.24) is 15.4 Å². The molecule has 1 aliphatic rings. The zero-order valence-corrected chi connectivity index (χ0v) is 16.9. The van der Waals surface area contributed by atoms with Crippen molar-refractivity contribution in [3.63, 3.8) is 0 Å². The predicted molar refractivity (Wildman–Crippen MR) is 112 cm³/mol. The Morgan fingerprint density at radius 2 is 2.07 bits per heavy atom. The SMILES string of the molecule is COc1cc(C)c2[nH]ccc2c1CN1CCCCC1c1ccc(C(=O)NO)cc1. The summed E-state index contributed by atoms with van der Waals surface area (Å²) >= 11 is 0. The van der Waals surface area contributed by atoms with Crippen LogP contribution in [0, 0.1) is 6.92 Å². The molecule has 4 rings (SSSR count). The van der Waals surface area contributed by atoms with Crippen LogP contribution in [0.15, 0.2) is 42.6 Å². The van der Waals surface area contributed by atoms with E-state index in [0.717, 1.165) is 30.8 Å². The summed E-state index contributed by atoms with van der Waals surface area (Å²) in [5.74, 6) is 0.435. The average molecular weight is 393 g/mol. The van der Waals surface area contributed by atoms with Gasteiger partial charge in [-0.3, -0.25) is 14.9 Å². The van der Waals surface area contributed by atoms with E-state index < -0.39 is 5.91 Å². The fourth-order valence-electron chi connectivity index (χ4n) is 4.46. The van der Waals surface area contributed by atoms with Gasteiger partial charge >= 0.3 is 0 Å². The largest absolute Gasteiger partial charge is 0.496 e. The van der Waals surface area contributed by atoms with Gasteiger partial charge in [0.15, 0.2) is 0 Å². The highest BCUT2D eigenvalue weighted by Crippen LogP contribution is 2.37. The van der Waals surface area contributed by atoms with Gasteiger partial charge in [0.1, 0.15) is 5.75 Å². The second-order valence-electron chi connectivity index (χ2n) is 7.69. The van der Waals surface area contributed by atoms with Crippen molar-refractivity contribution in [3.05, 3.63) is 64.8 Å². The van der Waals surface area contributed by atoms with Crippen LogP contribution in [0.5, 0.6) is 5.75 Å². The molecule has 6 heteroatoms. The van der Waals surface area contributed by atoms with E-state index in [1.165, 1.54) is 34.9 Å². The van der Waals surface area contributed by atoms with Crippen molar-refractivity contribution in [1.29, 1.82) is 0 Å². The molecular weight excluding hydrogens is 366 g/mol. The molecule has 0 radical (unpaired) electrons. The van der Waals surface area contributed by atoms with Gasteiger partial charge < -0.3 is 9.72 Å². The van der Waals surface area contributed by atoms with E-state index in [1.807, 2.05) is 18.3 Å². The molecule has 3 aromatic rings. The van der Waals surface area contributed by atoms with Crippen LogP contribution < -0.4 is 10.2 Å². The van der Waals surface area contributed by atoms with Crippen molar-refractivity contribution in [2.24, 2.45) is 0 Å². The van der Waals surface area contributed by atoms with Crippen LogP contribution in [0.2, 0.25) is 0 Å². The first-order valence-electron chi connectivity index (χ1n) is 10.0. The molecular formula is C23H27N3O3. The van der Waals surface area contributed by atoms with Gasteiger partial charge in [0.05, 0.1) is 7.11 Å². The summed E-state index contributed by atoms with van der Waals surface area (Å²) in [4.78, 5) is 17.5. The van der Waals surface area contributed by atoms with Gasteiger partial charge in [0.2, 0.25) is 0 Å². The van der Waals surface area contributed by atoms with Gasteiger partial charge in [0.25, 0.3) is 5.91 Å². The number of carbonyl (C=O) groups is 1. The summed E-state index contributed by atoms with van der Waals surface area (Å²) in [7, 11) is 1.73. The van der Waals surface area contributed by atoms with E-state index in [0.29, 0.717) is 5.56 Å². The predicted octanol–water partition coefficient (Wildman–Crippen LogP) is 4.33. The van der Waals surface area contributed by atoms with Crippen molar-refractivity contribution in [3.8, 4) is 5.75 Å². The van der Waals surface area contributed by atoms with Gasteiger partial charge in [0, 0.05) is 40.8 Å². The van der Waals surface area contributed by atoms with E-state index in [2.05, 4.69) is 28.9 Å². The van der Waals surface area contributed by atoms with E-state index in [-0.39, 0.29) is 6.04 Å². The highest BCUT2D eigenvalue weighted by atomic mass is 16.5. The molecule has 0 bridgehead atoms. The van der Waals surface area contributed by atoms with Crippen molar-refractivity contribution in [2.75, 3.05) is 13.7 Å². The number of hydroxylamine groups is 1. The van der Waals surface area contributed by atoms with Crippen LogP contribution in [0.1, 0.15) is 52.4 Å². The van der Waals surface area contributed by atoms with Crippen LogP contribution >= 0.6 is 0 Å². The standard InChI is InChI=1S/C23H27N3O3/c1-15-13-21(29-2)19(18-10-11-24-22(15)18)14-26-12-4-3-5-20(26)16-6-8-17(9-7-16)23(27)25-28/h6-11,13,20,24,28H,3-5,12,14H2,1-2H3,(H,25,27). The molecule has 0 aliphatic carbocycles. The number of carbonyl (C=O) groups excluding carboxylic acids is 1. The Morgan fingerprint density at radius 1 is 1.28 bits per heavy atom. The zero-order valence-electron chi connectivity index (χ0n) is 16.9. The minimum Gasteiger partial charge on any atom is -0.496 e. The number of aromatic nitrogens is 1. The van der Waals surface area contributed by atoms with Gasteiger partial charge in [-0.1, -0.05) is 18.6 Å². The number of hydrogen-bond donors (Lipinski definition) is 3. The number of aryl methyl sites for hydroxylation is 1. The summed E-state index contributed by atoms with van der Waals surface area (Å²) in [6.07, 6.45) is 5.42. The highest BCUT2D eigenvalue weighted by Gasteiger charge is 2.26. The van der Waals surface area contributed by atoms with Crippen LogP contribution in [-0.4, -0.2) is 34.7 Å². The minimum atomic E-state index is -0.490. The Morgan fingerprint density at radius 3 is 2.79 bits per heavy atom. The lowest BCUT2D eigenvalue weighted by molar-refractivity contribution is 0.0706. The number of benzene rings is 2. The molecule has 1 amide bonds. The smallest absolute Gasteiger partial charge is 0.274 e. The average Bonchev–Trinajstić information content (AvgIpc) is 3.26. The molecule has 1 atom stereocenters. The number of ether oxygens (including phenoxy) is 1. The molecule has 6 nitrogen and oxygen atoms in total. The van der Waals surface area contributed by atoms with Gasteiger partial charge in [-0.25, -0.2) is 5.48 Å². The Hall–Kier alpha value is -2.83. The van der Waals surface area contributed by atoms with E-state index in [4.69, 9.17) is 9.94 Å². The first kappa shape index (κ1) is 19.5. The summed E-state index contributed by atoms with van der Waals surface area (Å²) in [6.45, 7) is 3.92. The number of methoxy groups -OCH3 is 1. The summed E-state index contributed by atoms with van der Waals surface area (Å²) < 4.78 is 5.73. The van der Waals surface area contributed by atoms with Gasteiger partial charge in [-0.05, 0) is 61.7 Å². The number of H-pyrrole nitrogens is 1. The van der Waals surface area contributed by atoms with Gasteiger partial charge in [-0.15, -0.1) is 0 Å². The lowest BCUT2D eigenvalue weighted by atomic mass is 9.93. The Bertz CT molecular complexity index is 1010. The van der Waals surface area contributed by atoms with Crippen LogP contribution in [0.25, 0.3) is 10.9 Å². The Kier molecular flexibility index (Phi) is 5.56. The number of rotatable bonds is 5. The first-order chi connectivity index (χ1) is 14.1. The number of amides is 1. The maximum Gasteiger partial charge on any atom is 0.274 e. The maximum absolute atomic E-state index is 11.6. The van der Waals surface area contributed by atoms with Crippen molar-refractivity contribution < 1.29 is 14.7 Å². The molecule has 152 valence electrons. The molecule has 1 aromatic heterocycles. The van der Waals surface area contributed by atoms with E-state index in [9.17, 15) is 4.79 Å². The Labute approximate surface area is 170 Å². The molecule has 3 N–H and O–H groups in total. The molecule has 29 heavy (non-hydrogen) atoms. The number of piperidine rings is 1. The number of fused-ring (bicyclic) bond motifs is 1. The van der Waals surface area contributed by atoms with E-state index in [1.54, 1.807) is 24.7 Å². The molecule has 1 fully saturated rings. The summed E-state index contributed by atoms with van der Waals surface area (Å²) in [5.41, 5.74) is 6.88. The fourth-order valence-corrected chi connectivity index (χ4v) is 4.46. The monoisotopic (exact) mass is 393 g/mol. The number of nitrogens with one attached hydrogen (secondary N) is 2. The summed E-state index contributed by atoms with van der Waals surface area (Å²) in [6, 6.07) is 12.0. The second kappa shape index (κ2) is 8.27. The minimum absolute atomic E-state index is 0.287. The summed E-state index contributed by atoms with van der Waals surface area (Å²) in [5, 5.41) is 10.0. The van der Waals surface area contributed by atoms with Crippen LogP contribution in [0.4, 0.5) is 0 Å². The number of nitrogens with zero attached hydrogens (tertiary/aromatic N) is 1. The highest BCUT2D eigenvalue weighted by molar-refractivity contribution is 5.93. The second-order valence-corrected chi connectivity index (χ2v) is 7.69. The topological polar surface area (TPSA) is 77.6 Å². The normalized spacial score (nSPS) is 17.4. The van der Waals surface area contributed by atoms with Crippen LogP contribution in [-0.2, 0) is 6.54 Å². The molecule has 1 aliphatic heterocycles. The lowest BCUT2D eigenvalue weighted by Gasteiger charge is -2.36. The third kappa shape index (κ3) is 3.73. The molecule has 1 saturated heterocycles. The Balaban J connectivity index is 1.65. The van der Waals surface area contributed by atoms with E-state index >= 15 is 0 Å². The quantitative estimate of drug-likeness (QED) is 0.445. The third-order valence-electron chi connectivity index (χ3n) is 5.97. The molecule has 0 spiro atoms. The van der Waals surface area contributed by atoms with Crippen molar-refractivity contribution >= 4 is 16.8 Å². The molecule has 0 saturated carbocycles. The first-order valence-corrected chi connectivity index (χ1v) is 10.0. The maximum atomic E-state index is 11.6. The number of aromatic amines is 1. The van der Waals surface area contributed by atoms with Crippen LogP contribution in [0.3, 0.4) is 0 Å². The van der Waals surface area contributed by atoms with Gasteiger partial charge in [-0.2, -0.15) is 0 Å². The number of likely N-dealkylation sites (tertiary alicyclic amines) is 1. The lowest BCUT2D eigenvalue weighted by Crippen LogP contribution is -2.33. The third-order valence-corrected chi connectivity index (χ3v) is 5.97. The molecule has 2 aromatic carbocycles. The number of hydrogen-bond acceptors (Lipinski definition) is 4. The van der Waals surface area contributed by atoms with Crippen molar-refractivity contribution in [2.45, 2.75) is 38.8 Å². The molecule has 1 unspecified atom stereocenters.